The molecule has 29 heavy (non-hydrogen) atoms. The molecule has 5 nitrogen and oxygen atoms in total. The van der Waals surface area contributed by atoms with Gasteiger partial charge in [0.05, 0.1) is 17.9 Å². The summed E-state index contributed by atoms with van der Waals surface area (Å²) in [5, 5.41) is 3.02. The number of carbonyl (C=O) groups excluding carboxylic acids is 1. The molecule has 3 aromatic rings. The van der Waals surface area contributed by atoms with Crippen LogP contribution in [-0.2, 0) is 21.2 Å². The van der Waals surface area contributed by atoms with Crippen LogP contribution < -0.4 is 9.62 Å². The van der Waals surface area contributed by atoms with Gasteiger partial charge in [0.2, 0.25) is 15.9 Å². The SMILES string of the molecule is CS(=O)(=O)N1CCc2cc(NC(=O)C(c3ccccc3)c3ccccc3)ccc21. The molecule has 148 valence electrons. The molecule has 0 saturated carbocycles. The molecule has 1 heterocycles. The van der Waals surface area contributed by atoms with Crippen LogP contribution >= 0.6 is 0 Å². The topological polar surface area (TPSA) is 66.5 Å². The number of hydrogen-bond donors (Lipinski definition) is 1. The predicted octanol–water partition coefficient (Wildman–Crippen LogP) is 3.78. The van der Waals surface area contributed by atoms with Gasteiger partial charge in [-0.2, -0.15) is 0 Å². The molecule has 0 unspecified atom stereocenters. The summed E-state index contributed by atoms with van der Waals surface area (Å²) in [4.78, 5) is 13.2. The first kappa shape index (κ1) is 19.2. The van der Waals surface area contributed by atoms with Gasteiger partial charge in [-0.1, -0.05) is 60.7 Å². The largest absolute Gasteiger partial charge is 0.325 e. The van der Waals surface area contributed by atoms with Gasteiger partial charge >= 0.3 is 0 Å². The fraction of sp³-hybridized carbons (Fsp3) is 0.174. The van der Waals surface area contributed by atoms with Crippen LogP contribution in [0.4, 0.5) is 11.4 Å². The molecule has 6 heteroatoms. The summed E-state index contributed by atoms with van der Waals surface area (Å²) in [5.41, 5.74) is 4.11. The molecule has 0 aliphatic carbocycles. The molecule has 1 amide bonds. The summed E-state index contributed by atoms with van der Waals surface area (Å²) < 4.78 is 25.2. The molecule has 1 aliphatic heterocycles. The van der Waals surface area contributed by atoms with Crippen LogP contribution in [0, 0.1) is 0 Å². The number of amides is 1. The molecule has 0 bridgehead atoms. The van der Waals surface area contributed by atoms with Crippen molar-refractivity contribution in [2.24, 2.45) is 0 Å². The van der Waals surface area contributed by atoms with Gasteiger partial charge in [0.15, 0.2) is 0 Å². The van der Waals surface area contributed by atoms with Gasteiger partial charge in [0, 0.05) is 12.2 Å². The van der Waals surface area contributed by atoms with Crippen molar-refractivity contribution in [3.8, 4) is 0 Å². The summed E-state index contributed by atoms with van der Waals surface area (Å²) >= 11 is 0. The van der Waals surface area contributed by atoms with E-state index >= 15 is 0 Å². The van der Waals surface area contributed by atoms with E-state index < -0.39 is 15.9 Å². The van der Waals surface area contributed by atoms with Crippen molar-refractivity contribution in [1.82, 2.24) is 0 Å². The first-order valence-corrected chi connectivity index (χ1v) is 11.3. The molecule has 0 saturated heterocycles. The number of rotatable bonds is 5. The molecule has 0 aromatic heterocycles. The highest BCUT2D eigenvalue weighted by atomic mass is 32.2. The number of benzene rings is 3. The standard InChI is InChI=1S/C23H22N2O3S/c1-29(27,28)25-15-14-19-16-20(12-13-21(19)25)24-23(26)22(17-8-4-2-5-9-17)18-10-6-3-7-11-18/h2-13,16,22H,14-15H2,1H3,(H,24,26). The average molecular weight is 407 g/mol. The third kappa shape index (κ3) is 4.03. The first-order chi connectivity index (χ1) is 13.9. The van der Waals surface area contributed by atoms with Crippen LogP contribution in [0.15, 0.2) is 78.9 Å². The summed E-state index contributed by atoms with van der Waals surface area (Å²) in [6.07, 6.45) is 1.84. The monoisotopic (exact) mass is 406 g/mol. The molecule has 1 aliphatic rings. The Morgan fingerprint density at radius 1 is 0.931 bits per heavy atom. The van der Waals surface area contributed by atoms with Gasteiger partial charge in [-0.25, -0.2) is 8.42 Å². The van der Waals surface area contributed by atoms with Crippen molar-refractivity contribution in [1.29, 1.82) is 0 Å². The maximum atomic E-state index is 13.2. The fourth-order valence-electron chi connectivity index (χ4n) is 3.79. The summed E-state index contributed by atoms with van der Waals surface area (Å²) in [6.45, 7) is 0.433. The lowest BCUT2D eigenvalue weighted by molar-refractivity contribution is -0.116. The van der Waals surface area contributed by atoms with E-state index in [1.165, 1.54) is 10.6 Å². The van der Waals surface area contributed by atoms with Crippen molar-refractivity contribution in [2.45, 2.75) is 12.3 Å². The van der Waals surface area contributed by atoms with Crippen molar-refractivity contribution in [2.75, 3.05) is 22.4 Å². The molecule has 3 aromatic carbocycles. The second kappa shape index (κ2) is 7.72. The molecular formula is C23H22N2O3S. The van der Waals surface area contributed by atoms with Crippen LogP contribution in [0.1, 0.15) is 22.6 Å². The number of hydrogen-bond acceptors (Lipinski definition) is 3. The summed E-state index contributed by atoms with van der Waals surface area (Å²) in [6, 6.07) is 24.7. The zero-order valence-electron chi connectivity index (χ0n) is 16.1. The Bertz CT molecular complexity index is 1090. The van der Waals surface area contributed by atoms with E-state index in [1.807, 2.05) is 66.7 Å². The van der Waals surface area contributed by atoms with E-state index in [9.17, 15) is 13.2 Å². The van der Waals surface area contributed by atoms with Gasteiger partial charge in [-0.3, -0.25) is 9.10 Å². The van der Waals surface area contributed by atoms with E-state index in [2.05, 4.69) is 5.32 Å². The van der Waals surface area contributed by atoms with E-state index in [-0.39, 0.29) is 5.91 Å². The Morgan fingerprint density at radius 3 is 2.07 bits per heavy atom. The minimum Gasteiger partial charge on any atom is -0.325 e. The Hall–Kier alpha value is -3.12. The Morgan fingerprint density at radius 2 is 1.52 bits per heavy atom. The molecule has 0 atom stereocenters. The number of anilines is 2. The number of carbonyl (C=O) groups is 1. The van der Waals surface area contributed by atoms with Crippen molar-refractivity contribution >= 4 is 27.3 Å². The molecule has 0 fully saturated rings. The van der Waals surface area contributed by atoms with Gasteiger partial charge in [-0.05, 0) is 41.3 Å². The quantitative estimate of drug-likeness (QED) is 0.701. The first-order valence-electron chi connectivity index (χ1n) is 9.45. The third-order valence-corrected chi connectivity index (χ3v) is 6.31. The lowest BCUT2D eigenvalue weighted by atomic mass is 9.90. The van der Waals surface area contributed by atoms with Crippen molar-refractivity contribution in [3.63, 3.8) is 0 Å². The second-order valence-corrected chi connectivity index (χ2v) is 9.08. The highest BCUT2D eigenvalue weighted by molar-refractivity contribution is 7.92. The van der Waals surface area contributed by atoms with Crippen molar-refractivity contribution in [3.05, 3.63) is 95.6 Å². The number of nitrogens with zero attached hydrogens (tertiary/aromatic N) is 1. The summed E-state index contributed by atoms with van der Waals surface area (Å²) in [5.74, 6) is -0.557. The van der Waals surface area contributed by atoms with E-state index in [4.69, 9.17) is 0 Å². The maximum Gasteiger partial charge on any atom is 0.236 e. The third-order valence-electron chi connectivity index (χ3n) is 5.13. The Kier molecular flexibility index (Phi) is 5.11. The lowest BCUT2D eigenvalue weighted by Gasteiger charge is -2.19. The van der Waals surface area contributed by atoms with Gasteiger partial charge < -0.3 is 5.32 Å². The maximum absolute atomic E-state index is 13.2. The molecular weight excluding hydrogens is 384 g/mol. The van der Waals surface area contributed by atoms with E-state index in [0.717, 1.165) is 16.7 Å². The Balaban J connectivity index is 1.62. The van der Waals surface area contributed by atoms with Gasteiger partial charge in [-0.15, -0.1) is 0 Å². The van der Waals surface area contributed by atoms with Gasteiger partial charge in [0.1, 0.15) is 0 Å². The van der Waals surface area contributed by atoms with Crippen LogP contribution in [0.2, 0.25) is 0 Å². The predicted molar refractivity (Wildman–Crippen MR) is 116 cm³/mol. The van der Waals surface area contributed by atoms with Crippen molar-refractivity contribution < 1.29 is 13.2 Å². The highest BCUT2D eigenvalue weighted by Crippen LogP contribution is 2.33. The molecule has 0 spiro atoms. The van der Waals surface area contributed by atoms with Crippen LogP contribution in [0.3, 0.4) is 0 Å². The Labute approximate surface area is 171 Å². The smallest absolute Gasteiger partial charge is 0.236 e. The normalized spacial score (nSPS) is 13.4. The number of fused-ring (bicyclic) bond motifs is 1. The summed E-state index contributed by atoms with van der Waals surface area (Å²) in [7, 11) is -3.29. The van der Waals surface area contributed by atoms with Gasteiger partial charge in [0.25, 0.3) is 0 Å². The average Bonchev–Trinajstić information content (AvgIpc) is 3.13. The second-order valence-electron chi connectivity index (χ2n) is 7.17. The highest BCUT2D eigenvalue weighted by Gasteiger charge is 2.27. The van der Waals surface area contributed by atoms with E-state index in [0.29, 0.717) is 24.3 Å². The van der Waals surface area contributed by atoms with E-state index in [1.54, 1.807) is 12.1 Å². The zero-order valence-corrected chi connectivity index (χ0v) is 16.9. The van der Waals surface area contributed by atoms with Crippen LogP contribution in [0.5, 0.6) is 0 Å². The minimum absolute atomic E-state index is 0.125. The number of sulfonamides is 1. The molecule has 1 N–H and O–H groups in total. The lowest BCUT2D eigenvalue weighted by Crippen LogP contribution is -2.27. The molecule has 0 radical (unpaired) electrons. The minimum atomic E-state index is -3.29. The zero-order chi connectivity index (χ0) is 20.4. The number of nitrogens with one attached hydrogen (secondary N) is 1. The van der Waals surface area contributed by atoms with Crippen LogP contribution in [-0.4, -0.2) is 27.1 Å². The van der Waals surface area contributed by atoms with Crippen LogP contribution in [0.25, 0.3) is 0 Å². The molecule has 4 rings (SSSR count). The fourth-order valence-corrected chi connectivity index (χ4v) is 4.75.